The van der Waals surface area contributed by atoms with Gasteiger partial charge in [0.25, 0.3) is 0 Å². The summed E-state index contributed by atoms with van der Waals surface area (Å²) in [5, 5.41) is 12.4. The van der Waals surface area contributed by atoms with Crippen LogP contribution >= 0.6 is 0 Å². The summed E-state index contributed by atoms with van der Waals surface area (Å²) < 4.78 is 5.52. The number of para-hydroxylation sites is 1. The third-order valence-electron chi connectivity index (χ3n) is 3.44. The lowest BCUT2D eigenvalue weighted by Gasteiger charge is -2.20. The number of carboxylic acids is 1. The summed E-state index contributed by atoms with van der Waals surface area (Å²) in [5.74, 6) is 0.0795. The number of nitrogens with one attached hydrogen (secondary N) is 1. The van der Waals surface area contributed by atoms with Gasteiger partial charge in [-0.25, -0.2) is 4.79 Å². The number of hydrogen-bond donors (Lipinski definition) is 2. The van der Waals surface area contributed by atoms with Crippen molar-refractivity contribution >= 4 is 5.97 Å². The van der Waals surface area contributed by atoms with Gasteiger partial charge in [-0.2, -0.15) is 0 Å². The first-order chi connectivity index (χ1) is 9.06. The van der Waals surface area contributed by atoms with Crippen molar-refractivity contribution in [1.82, 2.24) is 5.32 Å². The molecule has 0 aliphatic carbocycles. The maximum atomic E-state index is 11.0. The first kappa shape index (κ1) is 15.5. The molecule has 0 amide bonds. The van der Waals surface area contributed by atoms with Crippen LogP contribution in [-0.4, -0.2) is 30.3 Å². The predicted molar refractivity (Wildman–Crippen MR) is 75.8 cm³/mol. The number of rotatable bonds is 8. The number of benzene rings is 1. The van der Waals surface area contributed by atoms with E-state index in [1.54, 1.807) is 24.3 Å². The Morgan fingerprint density at radius 3 is 2.68 bits per heavy atom. The maximum absolute atomic E-state index is 11.0. The fraction of sp³-hybridized carbons (Fsp3) is 0.533. The van der Waals surface area contributed by atoms with Gasteiger partial charge < -0.3 is 15.2 Å². The van der Waals surface area contributed by atoms with Crippen LogP contribution in [0.4, 0.5) is 0 Å². The normalized spacial score (nSPS) is 13.8. The van der Waals surface area contributed by atoms with E-state index in [9.17, 15) is 4.79 Å². The number of carbonyl (C=O) groups is 1. The van der Waals surface area contributed by atoms with Crippen molar-refractivity contribution in [1.29, 1.82) is 0 Å². The van der Waals surface area contributed by atoms with Gasteiger partial charge >= 0.3 is 5.97 Å². The molecular weight excluding hydrogens is 242 g/mol. The molecule has 0 heterocycles. The minimum atomic E-state index is -0.962. The van der Waals surface area contributed by atoms with Gasteiger partial charge in [0.2, 0.25) is 0 Å². The minimum absolute atomic E-state index is 0.206. The topological polar surface area (TPSA) is 58.6 Å². The summed E-state index contributed by atoms with van der Waals surface area (Å²) in [6, 6.07) is 7.13. The highest BCUT2D eigenvalue weighted by molar-refractivity contribution is 5.90. The Morgan fingerprint density at radius 1 is 1.37 bits per heavy atom. The smallest absolute Gasteiger partial charge is 0.339 e. The Bertz CT molecular complexity index is 406. The van der Waals surface area contributed by atoms with Crippen LogP contribution in [0.1, 0.15) is 37.6 Å². The molecule has 106 valence electrons. The van der Waals surface area contributed by atoms with Crippen LogP contribution in [-0.2, 0) is 0 Å². The second-order valence-electron chi connectivity index (χ2n) is 4.78. The van der Waals surface area contributed by atoms with Crippen LogP contribution in [0.2, 0.25) is 0 Å². The second-order valence-corrected chi connectivity index (χ2v) is 4.78. The van der Waals surface area contributed by atoms with E-state index < -0.39 is 5.97 Å². The molecule has 0 saturated carbocycles. The highest BCUT2D eigenvalue weighted by atomic mass is 16.5. The summed E-state index contributed by atoms with van der Waals surface area (Å²) in [5.41, 5.74) is 0.206. The average molecular weight is 265 g/mol. The molecule has 4 heteroatoms. The van der Waals surface area contributed by atoms with Crippen molar-refractivity contribution in [3.05, 3.63) is 29.8 Å². The Kier molecular flexibility index (Phi) is 6.36. The third kappa shape index (κ3) is 4.91. The van der Waals surface area contributed by atoms with Crippen LogP contribution in [0.3, 0.4) is 0 Å². The minimum Gasteiger partial charge on any atom is -0.491 e. The van der Waals surface area contributed by atoms with Gasteiger partial charge in [-0.05, 0) is 25.0 Å². The monoisotopic (exact) mass is 265 g/mol. The first-order valence-corrected chi connectivity index (χ1v) is 6.74. The summed E-state index contributed by atoms with van der Waals surface area (Å²) in [4.78, 5) is 11.0. The van der Waals surface area contributed by atoms with Crippen molar-refractivity contribution in [3.63, 3.8) is 0 Å². The fourth-order valence-electron chi connectivity index (χ4n) is 1.77. The van der Waals surface area contributed by atoms with Gasteiger partial charge in [0.05, 0.1) is 0 Å². The third-order valence-corrected chi connectivity index (χ3v) is 3.44. The van der Waals surface area contributed by atoms with E-state index in [-0.39, 0.29) is 5.56 Å². The Hall–Kier alpha value is -1.55. The van der Waals surface area contributed by atoms with E-state index in [1.165, 1.54) is 0 Å². The average Bonchev–Trinajstić information content (AvgIpc) is 2.42. The molecule has 19 heavy (non-hydrogen) atoms. The Labute approximate surface area is 114 Å². The number of hydrogen-bond acceptors (Lipinski definition) is 3. The molecule has 0 bridgehead atoms. The SMILES string of the molecule is CCC(C)C(C)NCCOc1ccccc1C(=O)O. The van der Waals surface area contributed by atoms with Gasteiger partial charge in [0, 0.05) is 12.6 Å². The molecule has 4 nitrogen and oxygen atoms in total. The first-order valence-electron chi connectivity index (χ1n) is 6.74. The zero-order valence-corrected chi connectivity index (χ0v) is 11.8. The van der Waals surface area contributed by atoms with Gasteiger partial charge in [-0.3, -0.25) is 0 Å². The summed E-state index contributed by atoms with van der Waals surface area (Å²) in [6.07, 6.45) is 1.14. The lowest BCUT2D eigenvalue weighted by atomic mass is 10.0. The maximum Gasteiger partial charge on any atom is 0.339 e. The van der Waals surface area contributed by atoms with Crippen LogP contribution in [0, 0.1) is 5.92 Å². The van der Waals surface area contributed by atoms with Crippen LogP contribution in [0.5, 0.6) is 5.75 Å². The van der Waals surface area contributed by atoms with Crippen molar-refractivity contribution in [2.24, 2.45) is 5.92 Å². The van der Waals surface area contributed by atoms with E-state index in [4.69, 9.17) is 9.84 Å². The molecule has 2 N–H and O–H groups in total. The standard InChI is InChI=1S/C15H23NO3/c1-4-11(2)12(3)16-9-10-19-14-8-6-5-7-13(14)15(17)18/h5-8,11-12,16H,4,9-10H2,1-3H3,(H,17,18). The van der Waals surface area contributed by atoms with Crippen LogP contribution in [0.25, 0.3) is 0 Å². The van der Waals surface area contributed by atoms with Crippen molar-refractivity contribution < 1.29 is 14.6 Å². The van der Waals surface area contributed by atoms with Crippen molar-refractivity contribution in [2.75, 3.05) is 13.2 Å². The Balaban J connectivity index is 2.40. The van der Waals surface area contributed by atoms with E-state index in [2.05, 4.69) is 26.1 Å². The van der Waals surface area contributed by atoms with Gasteiger partial charge in [0.15, 0.2) is 0 Å². The summed E-state index contributed by atoms with van der Waals surface area (Å²) >= 11 is 0. The zero-order chi connectivity index (χ0) is 14.3. The molecule has 2 unspecified atom stereocenters. The highest BCUT2D eigenvalue weighted by Gasteiger charge is 2.11. The lowest BCUT2D eigenvalue weighted by molar-refractivity contribution is 0.0692. The molecule has 0 saturated heterocycles. The number of aromatic carboxylic acids is 1. The van der Waals surface area contributed by atoms with Gasteiger partial charge in [-0.15, -0.1) is 0 Å². The van der Waals surface area contributed by atoms with E-state index in [0.29, 0.717) is 30.9 Å². The molecular formula is C15H23NO3. The number of carboxylic acid groups (broad SMARTS) is 1. The quantitative estimate of drug-likeness (QED) is 0.710. The van der Waals surface area contributed by atoms with Crippen molar-refractivity contribution in [2.45, 2.75) is 33.2 Å². The van der Waals surface area contributed by atoms with Gasteiger partial charge in [-0.1, -0.05) is 32.4 Å². The van der Waals surface area contributed by atoms with Crippen LogP contribution < -0.4 is 10.1 Å². The molecule has 0 aromatic heterocycles. The van der Waals surface area contributed by atoms with E-state index >= 15 is 0 Å². The molecule has 1 aromatic carbocycles. The predicted octanol–water partition coefficient (Wildman–Crippen LogP) is 2.79. The van der Waals surface area contributed by atoms with E-state index in [1.807, 2.05) is 0 Å². The number of ether oxygens (including phenoxy) is 1. The molecule has 1 rings (SSSR count). The van der Waals surface area contributed by atoms with Crippen molar-refractivity contribution in [3.8, 4) is 5.75 Å². The molecule has 0 radical (unpaired) electrons. The lowest BCUT2D eigenvalue weighted by Crippen LogP contribution is -2.34. The van der Waals surface area contributed by atoms with Crippen LogP contribution in [0.15, 0.2) is 24.3 Å². The molecule has 0 aliphatic rings. The molecule has 0 aliphatic heterocycles. The molecule has 0 spiro atoms. The summed E-state index contributed by atoms with van der Waals surface area (Å²) in [6.45, 7) is 7.70. The Morgan fingerprint density at radius 2 is 2.05 bits per heavy atom. The largest absolute Gasteiger partial charge is 0.491 e. The second kappa shape index (κ2) is 7.79. The van der Waals surface area contributed by atoms with Gasteiger partial charge in [0.1, 0.15) is 17.9 Å². The molecule has 0 fully saturated rings. The zero-order valence-electron chi connectivity index (χ0n) is 11.8. The molecule has 2 atom stereocenters. The van der Waals surface area contributed by atoms with E-state index in [0.717, 1.165) is 6.42 Å². The highest BCUT2D eigenvalue weighted by Crippen LogP contribution is 2.17. The summed E-state index contributed by atoms with van der Waals surface area (Å²) in [7, 11) is 0. The fourth-order valence-corrected chi connectivity index (χ4v) is 1.77. The molecule has 1 aromatic rings.